The first-order chi connectivity index (χ1) is 11.6. The Bertz CT molecular complexity index is 825. The lowest BCUT2D eigenvalue weighted by Gasteiger charge is -2.08. The Morgan fingerprint density at radius 3 is 2.92 bits per heavy atom. The van der Waals surface area contributed by atoms with Crippen LogP contribution in [0.1, 0.15) is 16.8 Å². The second-order valence-corrected chi connectivity index (χ2v) is 6.34. The summed E-state index contributed by atoms with van der Waals surface area (Å²) in [6.45, 7) is 4.60. The van der Waals surface area contributed by atoms with Crippen LogP contribution in [-0.2, 0) is 6.42 Å². The van der Waals surface area contributed by atoms with Crippen LogP contribution in [0.4, 0.5) is 10.5 Å². The number of aryl methyl sites for hydroxylation is 2. The van der Waals surface area contributed by atoms with E-state index in [1.165, 1.54) is 16.9 Å². The second kappa shape index (κ2) is 7.27. The number of nitrogens with zero attached hydrogens (tertiary/aromatic N) is 3. The summed E-state index contributed by atoms with van der Waals surface area (Å²) in [4.78, 5) is 16.4. The number of carbonyl (C=O) groups excluding carboxylic acids is 1. The summed E-state index contributed by atoms with van der Waals surface area (Å²) in [7, 11) is 0. The maximum atomic E-state index is 11.9. The molecule has 24 heavy (non-hydrogen) atoms. The van der Waals surface area contributed by atoms with Crippen molar-refractivity contribution in [3.05, 3.63) is 58.9 Å². The molecule has 2 aromatic heterocycles. The molecule has 0 saturated heterocycles. The van der Waals surface area contributed by atoms with E-state index in [0.717, 1.165) is 22.1 Å². The van der Waals surface area contributed by atoms with Gasteiger partial charge < -0.3 is 10.6 Å². The van der Waals surface area contributed by atoms with Crippen molar-refractivity contribution < 1.29 is 4.79 Å². The van der Waals surface area contributed by atoms with Gasteiger partial charge in [-0.1, -0.05) is 6.07 Å². The smallest absolute Gasteiger partial charge is 0.319 e. The van der Waals surface area contributed by atoms with Gasteiger partial charge in [-0.25, -0.2) is 14.5 Å². The Hall–Kier alpha value is -2.67. The molecule has 3 rings (SSSR count). The van der Waals surface area contributed by atoms with Crippen LogP contribution in [0.15, 0.2) is 42.0 Å². The van der Waals surface area contributed by atoms with Crippen molar-refractivity contribution >= 4 is 23.1 Å². The van der Waals surface area contributed by atoms with E-state index in [1.807, 2.05) is 49.7 Å². The molecule has 2 amide bonds. The van der Waals surface area contributed by atoms with Gasteiger partial charge in [0.25, 0.3) is 0 Å². The number of thiazole rings is 1. The van der Waals surface area contributed by atoms with Gasteiger partial charge in [-0.05, 0) is 43.2 Å². The molecule has 0 aliphatic heterocycles. The summed E-state index contributed by atoms with van der Waals surface area (Å²) in [5.41, 5.74) is 4.10. The van der Waals surface area contributed by atoms with E-state index in [-0.39, 0.29) is 6.03 Å². The predicted molar refractivity (Wildman–Crippen MR) is 95.9 cm³/mol. The molecule has 0 saturated carbocycles. The number of benzene rings is 1. The average Bonchev–Trinajstić information content (AvgIpc) is 3.22. The van der Waals surface area contributed by atoms with Crippen molar-refractivity contribution in [1.29, 1.82) is 0 Å². The molecule has 0 radical (unpaired) electrons. The van der Waals surface area contributed by atoms with Crippen molar-refractivity contribution in [2.75, 3.05) is 11.9 Å². The summed E-state index contributed by atoms with van der Waals surface area (Å²) in [5, 5.41) is 12.7. The molecule has 0 bridgehead atoms. The fourth-order valence-electron chi connectivity index (χ4n) is 2.20. The molecule has 0 aliphatic rings. The zero-order chi connectivity index (χ0) is 16.9. The van der Waals surface area contributed by atoms with E-state index in [1.54, 1.807) is 10.9 Å². The molecule has 0 atom stereocenters. The van der Waals surface area contributed by atoms with Crippen LogP contribution in [0.25, 0.3) is 5.13 Å². The summed E-state index contributed by atoms with van der Waals surface area (Å²) in [5.74, 6) is 0. The zero-order valence-electron chi connectivity index (χ0n) is 13.6. The molecule has 3 aromatic rings. The molecule has 0 spiro atoms. The van der Waals surface area contributed by atoms with Crippen LogP contribution < -0.4 is 10.6 Å². The van der Waals surface area contributed by atoms with Crippen LogP contribution in [-0.4, -0.2) is 27.3 Å². The van der Waals surface area contributed by atoms with E-state index in [9.17, 15) is 4.79 Å². The third-order valence-corrected chi connectivity index (χ3v) is 4.55. The number of carbonyl (C=O) groups is 1. The van der Waals surface area contributed by atoms with Crippen LogP contribution in [0.2, 0.25) is 0 Å². The first-order valence-electron chi connectivity index (χ1n) is 7.68. The fraction of sp³-hybridized carbons (Fsp3) is 0.235. The lowest BCUT2D eigenvalue weighted by molar-refractivity contribution is 0.252. The van der Waals surface area contributed by atoms with Crippen LogP contribution in [0.3, 0.4) is 0 Å². The number of nitrogens with one attached hydrogen (secondary N) is 2. The normalized spacial score (nSPS) is 10.6. The van der Waals surface area contributed by atoms with Gasteiger partial charge >= 0.3 is 6.03 Å². The highest BCUT2D eigenvalue weighted by molar-refractivity contribution is 7.12. The number of hydrogen-bond donors (Lipinski definition) is 2. The Morgan fingerprint density at radius 1 is 1.29 bits per heavy atom. The highest BCUT2D eigenvalue weighted by Crippen LogP contribution is 2.15. The van der Waals surface area contributed by atoms with Gasteiger partial charge in [0.1, 0.15) is 0 Å². The molecule has 0 fully saturated rings. The number of rotatable bonds is 5. The average molecular weight is 341 g/mol. The van der Waals surface area contributed by atoms with Crippen molar-refractivity contribution in [3.8, 4) is 5.13 Å². The highest BCUT2D eigenvalue weighted by Gasteiger charge is 2.06. The van der Waals surface area contributed by atoms with E-state index >= 15 is 0 Å². The summed E-state index contributed by atoms with van der Waals surface area (Å²) < 4.78 is 1.73. The first kappa shape index (κ1) is 16.2. The first-order valence-corrected chi connectivity index (χ1v) is 8.56. The van der Waals surface area contributed by atoms with Crippen molar-refractivity contribution in [2.24, 2.45) is 0 Å². The molecular formula is C17H19N5OS. The molecule has 124 valence electrons. The van der Waals surface area contributed by atoms with Gasteiger partial charge in [0.15, 0.2) is 0 Å². The SMILES string of the molecule is Cc1ccc(NC(=O)NCCc2csc(-n3cccn3)n2)cc1C. The number of aromatic nitrogens is 3. The van der Waals surface area contributed by atoms with Gasteiger partial charge in [-0.2, -0.15) is 5.10 Å². The quantitative estimate of drug-likeness (QED) is 0.748. The summed E-state index contributed by atoms with van der Waals surface area (Å²) in [6, 6.07) is 7.52. The molecule has 6 nitrogen and oxygen atoms in total. The minimum Gasteiger partial charge on any atom is -0.337 e. The summed E-state index contributed by atoms with van der Waals surface area (Å²) in [6.07, 6.45) is 4.26. The molecule has 0 aliphatic carbocycles. The zero-order valence-corrected chi connectivity index (χ0v) is 14.4. The van der Waals surface area contributed by atoms with E-state index < -0.39 is 0 Å². The largest absolute Gasteiger partial charge is 0.337 e. The molecular weight excluding hydrogens is 322 g/mol. The minimum atomic E-state index is -0.208. The number of urea groups is 1. The van der Waals surface area contributed by atoms with Crippen molar-refractivity contribution in [3.63, 3.8) is 0 Å². The Labute approximate surface area is 144 Å². The molecule has 2 N–H and O–H groups in total. The van der Waals surface area contributed by atoms with E-state index in [0.29, 0.717) is 13.0 Å². The van der Waals surface area contributed by atoms with Crippen molar-refractivity contribution in [2.45, 2.75) is 20.3 Å². The van der Waals surface area contributed by atoms with Gasteiger partial charge in [0, 0.05) is 36.4 Å². The standard InChI is InChI=1S/C17H19N5OS/c1-12-4-5-14(10-13(12)2)20-16(23)18-8-6-15-11-24-17(21-15)22-9-3-7-19-22/h3-5,7,9-11H,6,8H2,1-2H3,(H2,18,20,23). The topological polar surface area (TPSA) is 71.8 Å². The van der Waals surface area contributed by atoms with Crippen molar-refractivity contribution in [1.82, 2.24) is 20.1 Å². The van der Waals surface area contributed by atoms with Crippen LogP contribution in [0.5, 0.6) is 0 Å². The maximum Gasteiger partial charge on any atom is 0.319 e. The lowest BCUT2D eigenvalue weighted by Crippen LogP contribution is -2.30. The number of anilines is 1. The predicted octanol–water partition coefficient (Wildman–Crippen LogP) is 3.31. The molecule has 7 heteroatoms. The van der Waals surface area contributed by atoms with Gasteiger partial charge in [0.2, 0.25) is 5.13 Å². The summed E-state index contributed by atoms with van der Waals surface area (Å²) >= 11 is 1.53. The fourth-order valence-corrected chi connectivity index (χ4v) is 2.99. The number of amides is 2. The molecule has 1 aromatic carbocycles. The van der Waals surface area contributed by atoms with Crippen LogP contribution in [0, 0.1) is 13.8 Å². The van der Waals surface area contributed by atoms with E-state index in [2.05, 4.69) is 20.7 Å². The molecule has 0 unspecified atom stereocenters. The maximum absolute atomic E-state index is 11.9. The van der Waals surface area contributed by atoms with Gasteiger partial charge in [-0.15, -0.1) is 11.3 Å². The Morgan fingerprint density at radius 2 is 2.17 bits per heavy atom. The second-order valence-electron chi connectivity index (χ2n) is 5.50. The minimum absolute atomic E-state index is 0.208. The number of hydrogen-bond acceptors (Lipinski definition) is 4. The van der Waals surface area contributed by atoms with E-state index in [4.69, 9.17) is 0 Å². The Balaban J connectivity index is 1.47. The monoisotopic (exact) mass is 341 g/mol. The van der Waals surface area contributed by atoms with Gasteiger partial charge in [0.05, 0.1) is 5.69 Å². The molecule has 2 heterocycles. The van der Waals surface area contributed by atoms with Crippen LogP contribution >= 0.6 is 11.3 Å². The Kier molecular flexibility index (Phi) is 4.90. The lowest BCUT2D eigenvalue weighted by atomic mass is 10.1. The third-order valence-electron chi connectivity index (χ3n) is 3.67. The highest BCUT2D eigenvalue weighted by atomic mass is 32.1. The van der Waals surface area contributed by atoms with Gasteiger partial charge in [-0.3, -0.25) is 0 Å². The third kappa shape index (κ3) is 3.99.